The fourth-order valence-corrected chi connectivity index (χ4v) is 16.0. The van der Waals surface area contributed by atoms with E-state index < -0.39 is 48.2 Å². The lowest BCUT2D eigenvalue weighted by Crippen LogP contribution is -2.67. The molecule has 422 valence electrons. The number of carbonyl (C=O) groups excluding carboxylic acids is 3. The highest BCUT2D eigenvalue weighted by Crippen LogP contribution is 2.70. The lowest BCUT2D eigenvalue weighted by molar-refractivity contribution is -0.438. The third-order valence-electron chi connectivity index (χ3n) is 19.3. The Hall–Kier alpha value is -5.28. The second-order valence-electron chi connectivity index (χ2n) is 24.0. The molecule has 2 aromatic carbocycles. The number of aliphatic hydroxyl groups excluding tert-OH is 1. The van der Waals surface area contributed by atoms with Gasteiger partial charge < -0.3 is 35.6 Å². The molecule has 78 heavy (non-hydrogen) atoms. The van der Waals surface area contributed by atoms with Crippen LogP contribution in [0.25, 0.3) is 0 Å². The normalized spacial score (nSPS) is 31.3. The summed E-state index contributed by atoms with van der Waals surface area (Å²) < 4.78 is 81.1. The van der Waals surface area contributed by atoms with Crippen LogP contribution in [0.4, 0.5) is 11.4 Å². The summed E-state index contributed by atoms with van der Waals surface area (Å²) in [6.07, 6.45) is 20.5. The smallest absolute Gasteiger partial charge is 0.331 e. The van der Waals surface area contributed by atoms with Crippen molar-refractivity contribution >= 4 is 55.1 Å². The zero-order valence-electron chi connectivity index (χ0n) is 45.4. The standard InChI is InChI=1S/C59H76N4O13S2/c1-7-58-25-23-39(31-38(58)17-20-43-44(58)34-51(64)57(6)42(24-26-59(43,57)68)37-30-54(67)76-35-37)75-36-53(66)61-28-27-60-52(65)16-12-9-13-29-63-48-22-19-41(78(72,73)74)33-46(48)56(4,5)50(63)15-11-8-10-14-49-55(2,3)45-32-40(77(69,70)71)18-21-47(45)62-49/h7-8,10-11,14-15,18-19,21-22,30,32-33,38-39,42-44,51,64,68H,1,9,12-13,16-17,20,23-29,31,34-36H2,2-6H3,(H4,60,61,65,66,69,70,71,72,73,74)/p+1/t38-,39+,42?,43?,44?,51-,57+,58+,59+/m1/s1. The van der Waals surface area contributed by atoms with Crippen molar-refractivity contribution in [3.8, 4) is 0 Å². The average molecular weight is 1110 g/mol. The summed E-state index contributed by atoms with van der Waals surface area (Å²) in [6, 6.07) is 9.08. The number of allylic oxidation sites excluding steroid dienone is 7. The molecule has 7 aliphatic rings. The van der Waals surface area contributed by atoms with Crippen LogP contribution in [0.3, 0.4) is 0 Å². The third-order valence-corrected chi connectivity index (χ3v) is 21.0. The van der Waals surface area contributed by atoms with Crippen molar-refractivity contribution in [3.05, 3.63) is 108 Å². The number of rotatable bonds is 19. The molecule has 4 fully saturated rings. The van der Waals surface area contributed by atoms with E-state index in [4.69, 9.17) is 9.47 Å². The van der Waals surface area contributed by atoms with Gasteiger partial charge in [0.1, 0.15) is 19.8 Å². The van der Waals surface area contributed by atoms with Gasteiger partial charge in [0.2, 0.25) is 17.5 Å². The molecular weight excluding hydrogens is 1040 g/mol. The molecule has 4 saturated carbocycles. The van der Waals surface area contributed by atoms with Gasteiger partial charge in [-0.1, -0.05) is 45.1 Å². The number of esters is 1. The van der Waals surface area contributed by atoms with Crippen molar-refractivity contribution in [2.45, 2.75) is 150 Å². The molecular formula is C59H77N4O13S2+. The predicted octanol–water partition coefficient (Wildman–Crippen LogP) is 7.53. The molecule has 17 nitrogen and oxygen atoms in total. The van der Waals surface area contributed by atoms with E-state index in [0.717, 1.165) is 84.4 Å². The van der Waals surface area contributed by atoms with Crippen molar-refractivity contribution in [2.24, 2.45) is 34.5 Å². The molecule has 4 aliphatic carbocycles. The van der Waals surface area contributed by atoms with Crippen molar-refractivity contribution in [2.75, 3.05) is 38.2 Å². The molecule has 9 atom stereocenters. The van der Waals surface area contributed by atoms with Gasteiger partial charge in [0.25, 0.3) is 20.2 Å². The number of hydrogen-bond donors (Lipinski definition) is 7. The van der Waals surface area contributed by atoms with E-state index in [0.29, 0.717) is 38.6 Å². The molecule has 19 heteroatoms. The summed E-state index contributed by atoms with van der Waals surface area (Å²) in [5, 5.41) is 33.7. The van der Waals surface area contributed by atoms with Gasteiger partial charge >= 0.3 is 5.97 Å². The molecule has 0 radical (unpaired) electrons. The van der Waals surface area contributed by atoms with E-state index in [1.54, 1.807) is 18.2 Å². The summed E-state index contributed by atoms with van der Waals surface area (Å²) in [7, 11) is -8.81. The largest absolute Gasteiger partial charge is 0.458 e. The highest BCUT2D eigenvalue weighted by atomic mass is 32.2. The SMILES string of the molecule is C=C[C@]12CC[C@H](OCC(=O)NCCNC(=O)CCCCC[N+]3=C(C=CC=CC=C4Nc5ccc(S(=O)(=O)O)cc5C4(C)C)C(C)(C)c4cc(S(=O)(=O)O)ccc43)C[C@H]1CCC1C2C[C@@H](O)[C@]2(C)C(C3=CC(=O)OC3)CC[C@]12O. The molecule has 3 heterocycles. The van der Waals surface area contributed by atoms with Crippen LogP contribution in [0.1, 0.15) is 123 Å². The summed E-state index contributed by atoms with van der Waals surface area (Å²) in [4.78, 5) is 37.4. The van der Waals surface area contributed by atoms with Gasteiger partial charge in [-0.05, 0) is 155 Å². The van der Waals surface area contributed by atoms with Crippen LogP contribution in [0, 0.1) is 34.5 Å². The van der Waals surface area contributed by atoms with E-state index in [2.05, 4.69) is 33.2 Å². The Morgan fingerprint density at radius 1 is 0.846 bits per heavy atom. The van der Waals surface area contributed by atoms with Crippen LogP contribution in [-0.4, -0.2) is 115 Å². The van der Waals surface area contributed by atoms with E-state index in [1.807, 2.05) is 65.0 Å². The number of ether oxygens (including phenoxy) is 2. The Kier molecular flexibility index (Phi) is 15.9. The van der Waals surface area contributed by atoms with Crippen LogP contribution in [0.5, 0.6) is 0 Å². The van der Waals surface area contributed by atoms with E-state index in [9.17, 15) is 50.5 Å². The van der Waals surface area contributed by atoms with E-state index >= 15 is 0 Å². The molecule has 3 aliphatic heterocycles. The maximum atomic E-state index is 12.9. The maximum Gasteiger partial charge on any atom is 0.331 e. The molecule has 2 aromatic rings. The van der Waals surface area contributed by atoms with Crippen molar-refractivity contribution in [1.82, 2.24) is 10.6 Å². The first-order chi connectivity index (χ1) is 36.8. The number of nitrogens with zero attached hydrogens (tertiary/aromatic N) is 1. The number of fused-ring (bicyclic) bond motifs is 7. The summed E-state index contributed by atoms with van der Waals surface area (Å²) in [6.45, 7) is 15.5. The summed E-state index contributed by atoms with van der Waals surface area (Å²) >= 11 is 0. The first kappa shape index (κ1) is 57.4. The lowest BCUT2D eigenvalue weighted by atomic mass is 9.42. The molecule has 0 spiro atoms. The van der Waals surface area contributed by atoms with Gasteiger partial charge in [0.15, 0.2) is 5.71 Å². The minimum atomic E-state index is -4.45. The van der Waals surface area contributed by atoms with E-state index in [-0.39, 0.29) is 89.1 Å². The number of carbonyl (C=O) groups is 3. The van der Waals surface area contributed by atoms with E-state index in [1.165, 1.54) is 24.3 Å². The Labute approximate surface area is 458 Å². The number of aliphatic hydroxyl groups is 2. The van der Waals surface area contributed by atoms with Crippen LogP contribution < -0.4 is 16.0 Å². The minimum absolute atomic E-state index is 0.00904. The zero-order valence-corrected chi connectivity index (χ0v) is 47.1. The molecule has 0 saturated heterocycles. The van der Waals surface area contributed by atoms with Gasteiger partial charge in [-0.15, -0.1) is 6.58 Å². The summed E-state index contributed by atoms with van der Waals surface area (Å²) in [5.41, 5.74) is 2.34. The molecule has 2 amide bonds. The Morgan fingerprint density at radius 3 is 2.24 bits per heavy atom. The first-order valence-corrected chi connectivity index (χ1v) is 30.4. The number of amides is 2. The van der Waals surface area contributed by atoms with Gasteiger partial charge in [-0.2, -0.15) is 21.4 Å². The molecule has 9 rings (SSSR count). The Balaban J connectivity index is 0.720. The number of benzene rings is 2. The number of cyclic esters (lactones) is 1. The van der Waals surface area contributed by atoms with Gasteiger partial charge in [0.05, 0.1) is 33.0 Å². The van der Waals surface area contributed by atoms with Crippen LogP contribution in [0.15, 0.2) is 107 Å². The average Bonchev–Trinajstić information content (AvgIpc) is 4.08. The van der Waals surface area contributed by atoms with Crippen LogP contribution >= 0.6 is 0 Å². The molecule has 0 bridgehead atoms. The predicted molar refractivity (Wildman–Crippen MR) is 294 cm³/mol. The topological polar surface area (TPSA) is 258 Å². The van der Waals surface area contributed by atoms with Crippen molar-refractivity contribution in [3.63, 3.8) is 0 Å². The van der Waals surface area contributed by atoms with Gasteiger partial charge in [-0.3, -0.25) is 18.7 Å². The fourth-order valence-electron chi connectivity index (χ4n) is 15.0. The van der Waals surface area contributed by atoms with Gasteiger partial charge in [-0.25, -0.2) is 4.79 Å². The molecule has 0 aromatic heterocycles. The minimum Gasteiger partial charge on any atom is -0.458 e. The number of unbranched alkanes of at least 4 members (excludes halogenated alkanes) is 2. The number of hydrogen-bond acceptors (Lipinski definition) is 12. The second kappa shape index (κ2) is 21.6. The fraction of sp³-hybridized carbons (Fsp3) is 0.559. The second-order valence-corrected chi connectivity index (χ2v) is 26.8. The highest BCUT2D eigenvalue weighted by Gasteiger charge is 2.71. The molecule has 3 unspecified atom stereocenters. The maximum absolute atomic E-state index is 12.9. The number of anilines is 1. The van der Waals surface area contributed by atoms with Crippen LogP contribution in [0.2, 0.25) is 0 Å². The zero-order chi connectivity index (χ0) is 56.2. The lowest BCUT2D eigenvalue weighted by Gasteiger charge is -2.65. The Bertz CT molecular complexity index is 3140. The van der Waals surface area contributed by atoms with Crippen LogP contribution in [-0.2, 0) is 54.9 Å². The van der Waals surface area contributed by atoms with Crippen molar-refractivity contribution in [1.29, 1.82) is 0 Å². The number of nitrogens with one attached hydrogen (secondary N) is 3. The highest BCUT2D eigenvalue weighted by molar-refractivity contribution is 7.86. The molecule has 7 N–H and O–H groups in total. The van der Waals surface area contributed by atoms with Crippen molar-refractivity contribution < 1.29 is 64.6 Å². The monoisotopic (exact) mass is 1110 g/mol. The van der Waals surface area contributed by atoms with Gasteiger partial charge in [0, 0.05) is 71.9 Å². The summed E-state index contributed by atoms with van der Waals surface area (Å²) in [5.74, 6) is -0.580. The Morgan fingerprint density at radius 2 is 1.55 bits per heavy atom. The first-order valence-electron chi connectivity index (χ1n) is 27.5. The third kappa shape index (κ3) is 10.5. The quantitative estimate of drug-likeness (QED) is 0.0179.